The number of benzene rings is 12. The Labute approximate surface area is 429 Å². The fourth-order valence-corrected chi connectivity index (χ4v) is 11.9. The third kappa shape index (κ3) is 6.43. The normalized spacial score (nSPS) is 12.0. The molecule has 6 nitrogen and oxygen atoms in total. The molecule has 0 unspecified atom stereocenters. The molecule has 0 amide bonds. The molecule has 4 heterocycles. The topological polar surface area (TPSA) is 61.7 Å². The van der Waals surface area contributed by atoms with E-state index < -0.39 is 0 Å². The highest BCUT2D eigenvalue weighted by Crippen LogP contribution is 2.42. The van der Waals surface area contributed by atoms with Crippen molar-refractivity contribution in [1.82, 2.24) is 24.1 Å². The monoisotopic (exact) mass is 955 g/mol. The molecular weight excluding hydrogens is 915 g/mol. The fourth-order valence-electron chi connectivity index (χ4n) is 11.9. The van der Waals surface area contributed by atoms with Crippen LogP contribution in [0.2, 0.25) is 0 Å². The van der Waals surface area contributed by atoms with Crippen molar-refractivity contribution in [2.75, 3.05) is 0 Å². The van der Waals surface area contributed by atoms with Crippen LogP contribution < -0.4 is 0 Å². The molecule has 4 aromatic heterocycles. The summed E-state index contributed by atoms with van der Waals surface area (Å²) in [6.45, 7) is 0. The van der Waals surface area contributed by atoms with E-state index in [4.69, 9.17) is 19.4 Å². The highest BCUT2D eigenvalue weighted by Gasteiger charge is 2.20. The standard InChI is InChI=1S/C69H41N5O/c1-3-15-42(16-4-1)67-70-68(43-17-5-2-6-18-43)72-69(71-67)46-27-32-51-49-19-7-8-20-50(49)52-33-30-47(40-57(52)56(51)39-46)73-61-24-12-9-21-53(61)58-37-44(28-34-63(58)73)45-29-35-64-59(38-45)54-22-10-13-25-62(54)74(64)48-31-36-66-60(41-48)55-23-11-14-26-65(55)75-66/h1-41H. The van der Waals surface area contributed by atoms with Gasteiger partial charge in [-0.1, -0.05) is 170 Å². The van der Waals surface area contributed by atoms with Gasteiger partial charge in [0.1, 0.15) is 11.2 Å². The van der Waals surface area contributed by atoms with Crippen LogP contribution in [0.5, 0.6) is 0 Å². The summed E-state index contributed by atoms with van der Waals surface area (Å²) < 4.78 is 11.0. The summed E-state index contributed by atoms with van der Waals surface area (Å²) >= 11 is 0. The van der Waals surface area contributed by atoms with Crippen molar-refractivity contribution in [3.8, 4) is 56.7 Å². The summed E-state index contributed by atoms with van der Waals surface area (Å²) in [7, 11) is 0. The maximum atomic E-state index is 6.22. The van der Waals surface area contributed by atoms with Crippen LogP contribution in [0.15, 0.2) is 253 Å². The first-order valence-corrected chi connectivity index (χ1v) is 25.4. The molecule has 0 bridgehead atoms. The zero-order valence-electron chi connectivity index (χ0n) is 40.3. The Kier molecular flexibility index (Phi) is 8.94. The van der Waals surface area contributed by atoms with E-state index in [1.807, 2.05) is 48.5 Å². The third-order valence-corrected chi connectivity index (χ3v) is 15.3. The van der Waals surface area contributed by atoms with E-state index in [1.165, 1.54) is 59.7 Å². The van der Waals surface area contributed by atoms with Gasteiger partial charge in [-0.25, -0.2) is 15.0 Å². The molecule has 16 rings (SSSR count). The zero-order valence-corrected chi connectivity index (χ0v) is 40.3. The van der Waals surface area contributed by atoms with Crippen molar-refractivity contribution in [3.63, 3.8) is 0 Å². The molecular formula is C69H41N5O. The van der Waals surface area contributed by atoms with Crippen LogP contribution in [0.1, 0.15) is 0 Å². The van der Waals surface area contributed by atoms with E-state index in [-0.39, 0.29) is 0 Å². The Hall–Kier alpha value is -10.2. The summed E-state index contributed by atoms with van der Waals surface area (Å²) in [6, 6.07) is 89.0. The Balaban J connectivity index is 0.850. The highest BCUT2D eigenvalue weighted by atomic mass is 16.3. The summed E-state index contributed by atoms with van der Waals surface area (Å²) in [5.41, 5.74) is 13.8. The van der Waals surface area contributed by atoms with Crippen LogP contribution >= 0.6 is 0 Å². The van der Waals surface area contributed by atoms with E-state index in [1.54, 1.807) is 0 Å². The quantitative estimate of drug-likeness (QED) is 0.156. The Bertz CT molecular complexity index is 4950. The predicted molar refractivity (Wildman–Crippen MR) is 310 cm³/mol. The highest BCUT2D eigenvalue weighted by molar-refractivity contribution is 6.26. The number of rotatable bonds is 6. The molecule has 0 spiro atoms. The third-order valence-electron chi connectivity index (χ3n) is 15.3. The molecule has 0 aliphatic heterocycles. The molecule has 0 fully saturated rings. The SMILES string of the molecule is c1ccc(-c2nc(-c3ccccc3)nc(-c3ccc4c5ccccc5c5ccc(-n6c7ccccc7c7cc(-c8ccc9c(c8)c8ccccc8n9-c8ccc9oc%10ccccc%10c9c8)ccc76)cc5c4c3)n2)cc1. The van der Waals surface area contributed by atoms with Crippen LogP contribution in [0.25, 0.3) is 155 Å². The van der Waals surface area contributed by atoms with Gasteiger partial charge in [0.05, 0.1) is 22.1 Å². The first-order valence-electron chi connectivity index (χ1n) is 25.4. The van der Waals surface area contributed by atoms with Crippen LogP contribution in [-0.4, -0.2) is 24.1 Å². The number of hydrogen-bond acceptors (Lipinski definition) is 4. The molecule has 0 saturated carbocycles. The molecule has 0 radical (unpaired) electrons. The fraction of sp³-hybridized carbons (Fsp3) is 0. The maximum absolute atomic E-state index is 6.22. The lowest BCUT2D eigenvalue weighted by Gasteiger charge is -2.15. The Morgan fingerprint density at radius 3 is 1.20 bits per heavy atom. The van der Waals surface area contributed by atoms with E-state index >= 15 is 0 Å². The molecule has 348 valence electrons. The number of para-hydroxylation sites is 3. The Morgan fingerprint density at radius 2 is 0.613 bits per heavy atom. The average Bonchev–Trinajstić information content (AvgIpc) is 4.18. The van der Waals surface area contributed by atoms with Crippen molar-refractivity contribution in [2.24, 2.45) is 0 Å². The van der Waals surface area contributed by atoms with Gasteiger partial charge in [0, 0.05) is 60.4 Å². The predicted octanol–water partition coefficient (Wildman–Crippen LogP) is 18.1. The van der Waals surface area contributed by atoms with E-state index in [0.717, 1.165) is 77.3 Å². The number of aromatic nitrogens is 5. The largest absolute Gasteiger partial charge is 0.456 e. The minimum Gasteiger partial charge on any atom is -0.456 e. The zero-order chi connectivity index (χ0) is 49.1. The number of nitrogens with zero attached hydrogens (tertiary/aromatic N) is 5. The lowest BCUT2D eigenvalue weighted by Crippen LogP contribution is -2.00. The second-order valence-corrected chi connectivity index (χ2v) is 19.5. The van der Waals surface area contributed by atoms with Crippen molar-refractivity contribution >= 4 is 97.9 Å². The molecule has 6 heteroatoms. The van der Waals surface area contributed by atoms with Gasteiger partial charge >= 0.3 is 0 Å². The van der Waals surface area contributed by atoms with Gasteiger partial charge in [-0.2, -0.15) is 0 Å². The number of furan rings is 1. The molecule has 0 saturated heterocycles. The second kappa shape index (κ2) is 16.2. The summed E-state index contributed by atoms with van der Waals surface area (Å²) in [5, 5.41) is 14.2. The van der Waals surface area contributed by atoms with Crippen LogP contribution in [0, 0.1) is 0 Å². The minimum absolute atomic E-state index is 0.631. The van der Waals surface area contributed by atoms with Gasteiger partial charge in [-0.15, -0.1) is 0 Å². The summed E-state index contributed by atoms with van der Waals surface area (Å²) in [5.74, 6) is 1.91. The average molecular weight is 956 g/mol. The summed E-state index contributed by atoms with van der Waals surface area (Å²) in [4.78, 5) is 15.2. The van der Waals surface area contributed by atoms with Gasteiger partial charge in [-0.3, -0.25) is 0 Å². The maximum Gasteiger partial charge on any atom is 0.164 e. The Morgan fingerprint density at radius 1 is 0.227 bits per heavy atom. The van der Waals surface area contributed by atoms with E-state index in [2.05, 4.69) is 209 Å². The van der Waals surface area contributed by atoms with Crippen LogP contribution in [-0.2, 0) is 0 Å². The molecule has 16 aromatic rings. The van der Waals surface area contributed by atoms with Crippen LogP contribution in [0.4, 0.5) is 0 Å². The molecule has 0 N–H and O–H groups in total. The molecule has 12 aromatic carbocycles. The first kappa shape index (κ1) is 41.4. The van der Waals surface area contributed by atoms with Crippen molar-refractivity contribution in [2.45, 2.75) is 0 Å². The second-order valence-electron chi connectivity index (χ2n) is 19.5. The van der Waals surface area contributed by atoms with Crippen molar-refractivity contribution in [1.29, 1.82) is 0 Å². The minimum atomic E-state index is 0.631. The van der Waals surface area contributed by atoms with Gasteiger partial charge in [0.15, 0.2) is 17.5 Å². The van der Waals surface area contributed by atoms with Crippen LogP contribution in [0.3, 0.4) is 0 Å². The molecule has 0 aliphatic rings. The van der Waals surface area contributed by atoms with Gasteiger partial charge in [-0.05, 0) is 122 Å². The first-order chi connectivity index (χ1) is 37.2. The van der Waals surface area contributed by atoms with Crippen molar-refractivity contribution in [3.05, 3.63) is 249 Å². The van der Waals surface area contributed by atoms with Gasteiger partial charge in [0.2, 0.25) is 0 Å². The molecule has 0 aliphatic carbocycles. The van der Waals surface area contributed by atoms with Gasteiger partial charge < -0.3 is 13.6 Å². The summed E-state index contributed by atoms with van der Waals surface area (Å²) in [6.07, 6.45) is 0. The lowest BCUT2D eigenvalue weighted by molar-refractivity contribution is 0.669. The number of fused-ring (bicyclic) bond motifs is 15. The van der Waals surface area contributed by atoms with Gasteiger partial charge in [0.25, 0.3) is 0 Å². The lowest BCUT2D eigenvalue weighted by atomic mass is 9.93. The molecule has 75 heavy (non-hydrogen) atoms. The number of hydrogen-bond donors (Lipinski definition) is 0. The van der Waals surface area contributed by atoms with E-state index in [9.17, 15) is 0 Å². The van der Waals surface area contributed by atoms with Crippen molar-refractivity contribution < 1.29 is 4.42 Å². The smallest absolute Gasteiger partial charge is 0.164 e. The molecule has 0 atom stereocenters. The van der Waals surface area contributed by atoms with E-state index in [0.29, 0.717) is 17.5 Å².